The zero-order valence-corrected chi connectivity index (χ0v) is 9.03. The van der Waals surface area contributed by atoms with Crippen LogP contribution in [0.2, 0.25) is 0 Å². The molecule has 0 aliphatic heterocycles. The maximum absolute atomic E-state index is 3.43. The minimum atomic E-state index is 0.355. The molecule has 0 radical (unpaired) electrons. The van der Waals surface area contributed by atoms with E-state index in [1.165, 1.54) is 6.42 Å². The first-order valence-electron chi connectivity index (χ1n) is 3.81. The van der Waals surface area contributed by atoms with Crippen LogP contribution < -0.4 is 0 Å². The summed E-state index contributed by atoms with van der Waals surface area (Å²) in [5, 5.41) is 1.06. The normalized spacial score (nSPS) is 12.6. The van der Waals surface area contributed by atoms with Crippen molar-refractivity contribution in [3.05, 3.63) is 0 Å². The maximum Gasteiger partial charge on any atom is 0.0159 e. The Hall–Kier alpha value is 0.440. The Labute approximate surface area is 72.9 Å². The molecule has 0 saturated heterocycles. The van der Waals surface area contributed by atoms with Crippen molar-refractivity contribution in [3.8, 4) is 0 Å². The Morgan fingerprint density at radius 3 is 2.20 bits per heavy atom. The van der Waals surface area contributed by atoms with E-state index in [9.17, 15) is 0 Å². The minimum Gasteiger partial charge on any atom is -0.300 e. The van der Waals surface area contributed by atoms with Gasteiger partial charge in [-0.05, 0) is 27.3 Å². The van der Waals surface area contributed by atoms with Crippen molar-refractivity contribution >= 4 is 15.9 Å². The van der Waals surface area contributed by atoms with E-state index in [0.717, 1.165) is 11.9 Å². The van der Waals surface area contributed by atoms with Gasteiger partial charge in [0.25, 0.3) is 0 Å². The van der Waals surface area contributed by atoms with Crippen molar-refractivity contribution in [2.45, 2.75) is 32.7 Å². The molecule has 0 heterocycles. The van der Waals surface area contributed by atoms with Crippen LogP contribution in [-0.2, 0) is 0 Å². The van der Waals surface area contributed by atoms with Crippen LogP contribution in [0, 0.1) is 0 Å². The van der Waals surface area contributed by atoms with Crippen LogP contribution in [0.1, 0.15) is 27.2 Å². The molecule has 0 aliphatic rings. The summed E-state index contributed by atoms with van der Waals surface area (Å²) >= 11 is 3.43. The molecule has 0 saturated carbocycles. The van der Waals surface area contributed by atoms with Gasteiger partial charge in [-0.3, -0.25) is 0 Å². The van der Waals surface area contributed by atoms with Gasteiger partial charge in [0, 0.05) is 17.4 Å². The Bertz CT molecular complexity index is 91.3. The Morgan fingerprint density at radius 1 is 1.40 bits per heavy atom. The third-order valence-corrected chi connectivity index (χ3v) is 2.67. The number of hydrogen-bond acceptors (Lipinski definition) is 1. The summed E-state index contributed by atoms with van der Waals surface area (Å²) in [6.45, 7) is 7.90. The first kappa shape index (κ1) is 10.4. The Morgan fingerprint density at radius 2 is 1.90 bits per heavy atom. The van der Waals surface area contributed by atoms with Crippen molar-refractivity contribution < 1.29 is 0 Å². The molecular weight excluding hydrogens is 190 g/mol. The second kappa shape index (κ2) is 4.35. The van der Waals surface area contributed by atoms with Crippen LogP contribution in [-0.4, -0.2) is 29.4 Å². The van der Waals surface area contributed by atoms with E-state index in [1.54, 1.807) is 0 Å². The predicted octanol–water partition coefficient (Wildman–Crippen LogP) is 2.50. The molecule has 0 aromatic carbocycles. The summed E-state index contributed by atoms with van der Waals surface area (Å²) in [6, 6.07) is 0. The Kier molecular flexibility index (Phi) is 4.54. The van der Waals surface area contributed by atoms with E-state index in [4.69, 9.17) is 0 Å². The molecule has 10 heavy (non-hydrogen) atoms. The molecule has 0 N–H and O–H groups in total. The van der Waals surface area contributed by atoms with Crippen molar-refractivity contribution in [2.75, 3.05) is 18.9 Å². The molecule has 0 fully saturated rings. The highest BCUT2D eigenvalue weighted by Gasteiger charge is 2.19. The molecule has 0 aliphatic carbocycles. The zero-order valence-electron chi connectivity index (χ0n) is 7.45. The molecule has 0 aromatic rings. The molecule has 0 spiro atoms. The number of rotatable bonds is 4. The van der Waals surface area contributed by atoms with Gasteiger partial charge in [0.1, 0.15) is 0 Å². The van der Waals surface area contributed by atoms with Gasteiger partial charge in [0.2, 0.25) is 0 Å². The fourth-order valence-electron chi connectivity index (χ4n) is 0.699. The number of halogens is 1. The van der Waals surface area contributed by atoms with Gasteiger partial charge in [-0.25, -0.2) is 0 Å². The van der Waals surface area contributed by atoms with Gasteiger partial charge < -0.3 is 4.90 Å². The first-order valence-corrected chi connectivity index (χ1v) is 4.94. The lowest BCUT2D eigenvalue weighted by atomic mass is 10.0. The van der Waals surface area contributed by atoms with Crippen LogP contribution in [0.25, 0.3) is 0 Å². The van der Waals surface area contributed by atoms with E-state index < -0.39 is 0 Å². The van der Waals surface area contributed by atoms with Gasteiger partial charge in [-0.2, -0.15) is 0 Å². The second-order valence-corrected chi connectivity index (χ2v) is 4.07. The van der Waals surface area contributed by atoms with Gasteiger partial charge in [0.15, 0.2) is 0 Å². The number of nitrogens with zero attached hydrogens (tertiary/aromatic N) is 1. The van der Waals surface area contributed by atoms with Crippen molar-refractivity contribution in [3.63, 3.8) is 0 Å². The lowest BCUT2D eigenvalue weighted by Gasteiger charge is -2.34. The lowest BCUT2D eigenvalue weighted by Crippen LogP contribution is -2.41. The van der Waals surface area contributed by atoms with Gasteiger partial charge in [-0.15, -0.1) is 0 Å². The van der Waals surface area contributed by atoms with Crippen LogP contribution in [0.15, 0.2) is 0 Å². The predicted molar refractivity (Wildman–Crippen MR) is 50.8 cm³/mol. The molecule has 0 atom stereocenters. The van der Waals surface area contributed by atoms with Crippen LogP contribution in [0.5, 0.6) is 0 Å². The number of hydrogen-bond donors (Lipinski definition) is 0. The van der Waals surface area contributed by atoms with Crippen LogP contribution in [0.3, 0.4) is 0 Å². The van der Waals surface area contributed by atoms with Gasteiger partial charge in [-0.1, -0.05) is 22.9 Å². The zero-order chi connectivity index (χ0) is 8.20. The first-order chi connectivity index (χ1) is 4.54. The van der Waals surface area contributed by atoms with E-state index in [2.05, 4.69) is 48.6 Å². The van der Waals surface area contributed by atoms with E-state index >= 15 is 0 Å². The van der Waals surface area contributed by atoms with Crippen LogP contribution >= 0.6 is 15.9 Å². The lowest BCUT2D eigenvalue weighted by molar-refractivity contribution is 0.161. The summed E-state index contributed by atoms with van der Waals surface area (Å²) in [7, 11) is 2.17. The Balaban J connectivity index is 3.78. The average molecular weight is 208 g/mol. The van der Waals surface area contributed by atoms with Crippen molar-refractivity contribution in [2.24, 2.45) is 0 Å². The fraction of sp³-hybridized carbons (Fsp3) is 1.00. The molecule has 0 rings (SSSR count). The molecule has 0 bridgehead atoms. The average Bonchev–Trinajstić information content (AvgIpc) is 1.89. The smallest absolute Gasteiger partial charge is 0.0159 e. The molecule has 0 aromatic heterocycles. The largest absolute Gasteiger partial charge is 0.300 e. The molecule has 62 valence electrons. The van der Waals surface area contributed by atoms with Gasteiger partial charge in [0.05, 0.1) is 0 Å². The SMILES string of the molecule is CCC(C)(C)N(C)CCBr. The molecule has 1 nitrogen and oxygen atoms in total. The standard InChI is InChI=1S/C8H18BrN/c1-5-8(2,3)10(4)7-6-9/h5-7H2,1-4H3. The highest BCUT2D eigenvalue weighted by molar-refractivity contribution is 9.09. The third kappa shape index (κ3) is 3.02. The summed E-state index contributed by atoms with van der Waals surface area (Å²) in [5.41, 5.74) is 0.355. The molecule has 0 amide bonds. The van der Waals surface area contributed by atoms with Crippen LogP contribution in [0.4, 0.5) is 0 Å². The maximum atomic E-state index is 3.43. The molecule has 2 heteroatoms. The summed E-state index contributed by atoms with van der Waals surface area (Å²) in [6.07, 6.45) is 1.20. The second-order valence-electron chi connectivity index (χ2n) is 3.28. The fourth-order valence-corrected chi connectivity index (χ4v) is 1.23. The topological polar surface area (TPSA) is 3.24 Å². The van der Waals surface area contributed by atoms with Gasteiger partial charge >= 0.3 is 0 Å². The molecule has 0 unspecified atom stereocenters. The van der Waals surface area contributed by atoms with E-state index in [1.807, 2.05) is 0 Å². The summed E-state index contributed by atoms with van der Waals surface area (Å²) in [5.74, 6) is 0. The third-order valence-electron chi connectivity index (χ3n) is 2.32. The van der Waals surface area contributed by atoms with Crippen molar-refractivity contribution in [1.82, 2.24) is 4.90 Å². The van der Waals surface area contributed by atoms with E-state index in [-0.39, 0.29) is 0 Å². The quantitative estimate of drug-likeness (QED) is 0.641. The summed E-state index contributed by atoms with van der Waals surface area (Å²) in [4.78, 5) is 2.38. The van der Waals surface area contributed by atoms with E-state index in [0.29, 0.717) is 5.54 Å². The highest BCUT2D eigenvalue weighted by atomic mass is 79.9. The summed E-state index contributed by atoms with van der Waals surface area (Å²) < 4.78 is 0. The highest BCUT2D eigenvalue weighted by Crippen LogP contribution is 2.15. The van der Waals surface area contributed by atoms with Crippen molar-refractivity contribution in [1.29, 1.82) is 0 Å². The molecular formula is C8H18BrN. The number of alkyl halides is 1. The monoisotopic (exact) mass is 207 g/mol. The minimum absolute atomic E-state index is 0.355.